The van der Waals surface area contributed by atoms with Gasteiger partial charge >= 0.3 is 0 Å². The number of nitrogens with one attached hydrogen (secondary N) is 1. The highest BCUT2D eigenvalue weighted by molar-refractivity contribution is 6.04. The standard InChI is InChI=1S/C23H20N2O3/c1-28-20-12-13(7-10-18(20)26)21-15-8-9-16-14(4-3-11-24-16)23(15)25-17-5-2-6-19(27)22(17)21/h3-4,7-12,21,25-26H,2,5-6H2,1H3/t21-/m1/s1. The summed E-state index contributed by atoms with van der Waals surface area (Å²) in [6.07, 6.45) is 4.06. The third-order valence-electron chi connectivity index (χ3n) is 5.69. The van der Waals surface area contributed by atoms with E-state index in [4.69, 9.17) is 4.74 Å². The van der Waals surface area contributed by atoms with Crippen LogP contribution in [0.15, 0.2) is 59.9 Å². The van der Waals surface area contributed by atoms with Crippen LogP contribution in [0, 0.1) is 0 Å². The van der Waals surface area contributed by atoms with Crippen LogP contribution in [0.3, 0.4) is 0 Å². The number of ether oxygens (including phenoxy) is 1. The van der Waals surface area contributed by atoms with Gasteiger partial charge in [-0.15, -0.1) is 0 Å². The van der Waals surface area contributed by atoms with Gasteiger partial charge in [0.05, 0.1) is 18.3 Å². The van der Waals surface area contributed by atoms with Crippen molar-refractivity contribution in [3.63, 3.8) is 0 Å². The first-order chi connectivity index (χ1) is 13.7. The predicted molar refractivity (Wildman–Crippen MR) is 108 cm³/mol. The van der Waals surface area contributed by atoms with Crippen molar-refractivity contribution in [1.82, 2.24) is 4.98 Å². The van der Waals surface area contributed by atoms with Gasteiger partial charge in [-0.2, -0.15) is 0 Å². The minimum Gasteiger partial charge on any atom is -0.504 e. The largest absolute Gasteiger partial charge is 0.504 e. The monoisotopic (exact) mass is 372 g/mol. The van der Waals surface area contributed by atoms with Gasteiger partial charge in [0, 0.05) is 35.2 Å². The number of anilines is 1. The van der Waals surface area contributed by atoms with Crippen molar-refractivity contribution in [3.8, 4) is 11.5 Å². The van der Waals surface area contributed by atoms with Gasteiger partial charge in [0.25, 0.3) is 0 Å². The van der Waals surface area contributed by atoms with E-state index < -0.39 is 0 Å². The van der Waals surface area contributed by atoms with Crippen molar-refractivity contribution in [2.45, 2.75) is 25.2 Å². The van der Waals surface area contributed by atoms with E-state index in [9.17, 15) is 9.90 Å². The minimum atomic E-state index is -0.196. The number of aromatic hydroxyl groups is 1. The van der Waals surface area contributed by atoms with Crippen LogP contribution < -0.4 is 10.1 Å². The van der Waals surface area contributed by atoms with Crippen molar-refractivity contribution in [2.24, 2.45) is 0 Å². The second kappa shape index (κ2) is 6.37. The Hall–Kier alpha value is -3.34. The topological polar surface area (TPSA) is 71.5 Å². The predicted octanol–water partition coefficient (Wildman–Crippen LogP) is 4.51. The molecule has 2 N–H and O–H groups in total. The first kappa shape index (κ1) is 16.8. The van der Waals surface area contributed by atoms with Crippen molar-refractivity contribution in [3.05, 3.63) is 71.1 Å². The van der Waals surface area contributed by atoms with Gasteiger partial charge < -0.3 is 15.2 Å². The van der Waals surface area contributed by atoms with E-state index in [1.54, 1.807) is 12.3 Å². The van der Waals surface area contributed by atoms with Crippen molar-refractivity contribution < 1.29 is 14.6 Å². The van der Waals surface area contributed by atoms with E-state index in [1.165, 1.54) is 7.11 Å². The molecule has 0 spiro atoms. The molecule has 2 aromatic carbocycles. The molecule has 1 aliphatic heterocycles. The SMILES string of the molecule is COc1cc([C@H]2C3=C(CCCC3=O)Nc3c2ccc2ncccc32)ccc1O. The summed E-state index contributed by atoms with van der Waals surface area (Å²) in [5, 5.41) is 14.6. The number of Topliss-reactive ketones (excluding diaryl/α,β-unsaturated/α-hetero) is 1. The van der Waals surface area contributed by atoms with E-state index >= 15 is 0 Å². The first-order valence-corrected chi connectivity index (χ1v) is 9.45. The van der Waals surface area contributed by atoms with Gasteiger partial charge in [0.15, 0.2) is 17.3 Å². The molecule has 1 aromatic heterocycles. The number of aromatic nitrogens is 1. The molecule has 5 rings (SSSR count). The zero-order valence-corrected chi connectivity index (χ0v) is 15.5. The zero-order valence-electron chi connectivity index (χ0n) is 15.5. The number of carbonyl (C=O) groups is 1. The third-order valence-corrected chi connectivity index (χ3v) is 5.69. The molecule has 1 aliphatic carbocycles. The third kappa shape index (κ3) is 2.47. The molecule has 5 heteroatoms. The summed E-state index contributed by atoms with van der Waals surface area (Å²) in [6.45, 7) is 0. The lowest BCUT2D eigenvalue weighted by atomic mass is 9.75. The van der Waals surface area contributed by atoms with Crippen LogP contribution in [-0.2, 0) is 4.79 Å². The van der Waals surface area contributed by atoms with Crippen LogP contribution in [0.4, 0.5) is 5.69 Å². The Morgan fingerprint density at radius 1 is 1.18 bits per heavy atom. The van der Waals surface area contributed by atoms with Crippen LogP contribution in [-0.4, -0.2) is 23.0 Å². The van der Waals surface area contributed by atoms with Crippen LogP contribution in [0.2, 0.25) is 0 Å². The molecule has 3 aromatic rings. The Labute approximate surface area is 162 Å². The molecule has 0 saturated carbocycles. The molecule has 0 fully saturated rings. The Balaban J connectivity index is 1.79. The summed E-state index contributed by atoms with van der Waals surface area (Å²) in [6, 6.07) is 13.4. The van der Waals surface area contributed by atoms with E-state index in [0.717, 1.165) is 51.8 Å². The second-order valence-corrected chi connectivity index (χ2v) is 7.26. The number of rotatable bonds is 2. The number of fused-ring (bicyclic) bond motifs is 3. The maximum absolute atomic E-state index is 12.9. The summed E-state index contributed by atoms with van der Waals surface area (Å²) < 4.78 is 5.32. The average molecular weight is 372 g/mol. The molecule has 5 nitrogen and oxygen atoms in total. The van der Waals surface area contributed by atoms with Gasteiger partial charge in [-0.3, -0.25) is 9.78 Å². The summed E-state index contributed by atoms with van der Waals surface area (Å²) in [5.74, 6) is 0.485. The highest BCUT2D eigenvalue weighted by atomic mass is 16.5. The van der Waals surface area contributed by atoms with Crippen LogP contribution >= 0.6 is 0 Å². The number of allylic oxidation sites excluding steroid dienone is 2. The number of nitrogens with zero attached hydrogens (tertiary/aromatic N) is 1. The fourth-order valence-corrected chi connectivity index (χ4v) is 4.40. The highest BCUT2D eigenvalue weighted by Gasteiger charge is 2.36. The summed E-state index contributed by atoms with van der Waals surface area (Å²) in [7, 11) is 1.53. The average Bonchev–Trinajstić information content (AvgIpc) is 2.73. The summed E-state index contributed by atoms with van der Waals surface area (Å²) >= 11 is 0. The fraction of sp³-hybridized carbons (Fsp3) is 0.217. The number of pyridine rings is 1. The molecule has 0 radical (unpaired) electrons. The molecular weight excluding hydrogens is 352 g/mol. The number of ketones is 1. The van der Waals surface area contributed by atoms with E-state index in [0.29, 0.717) is 12.2 Å². The number of carbonyl (C=O) groups excluding carboxylic acids is 1. The number of hydrogen-bond acceptors (Lipinski definition) is 5. The minimum absolute atomic E-state index is 0.0901. The Kier molecular flexibility index (Phi) is 3.83. The molecule has 1 atom stereocenters. The summed E-state index contributed by atoms with van der Waals surface area (Å²) in [5.41, 5.74) is 5.73. The fourth-order valence-electron chi connectivity index (χ4n) is 4.40. The smallest absolute Gasteiger partial charge is 0.161 e. The molecule has 2 heterocycles. The second-order valence-electron chi connectivity index (χ2n) is 7.26. The molecule has 2 aliphatic rings. The van der Waals surface area contributed by atoms with Gasteiger partial charge in [-0.25, -0.2) is 0 Å². The van der Waals surface area contributed by atoms with Crippen molar-refractivity contribution in [1.29, 1.82) is 0 Å². The molecule has 140 valence electrons. The maximum Gasteiger partial charge on any atom is 0.161 e. The highest BCUT2D eigenvalue weighted by Crippen LogP contribution is 2.48. The molecule has 0 bridgehead atoms. The number of benzene rings is 2. The Morgan fingerprint density at radius 3 is 2.93 bits per heavy atom. The number of methoxy groups -OCH3 is 1. The van der Waals surface area contributed by atoms with Crippen molar-refractivity contribution >= 4 is 22.4 Å². The zero-order chi connectivity index (χ0) is 19.3. The Bertz CT molecular complexity index is 1150. The molecule has 28 heavy (non-hydrogen) atoms. The number of hydrogen-bond donors (Lipinski definition) is 2. The van der Waals surface area contributed by atoms with E-state index in [1.807, 2.05) is 30.3 Å². The van der Waals surface area contributed by atoms with Gasteiger partial charge in [-0.05, 0) is 54.3 Å². The summed E-state index contributed by atoms with van der Waals surface area (Å²) in [4.78, 5) is 17.4. The lowest BCUT2D eigenvalue weighted by Gasteiger charge is -2.34. The van der Waals surface area contributed by atoms with Crippen LogP contribution in [0.5, 0.6) is 11.5 Å². The maximum atomic E-state index is 12.9. The van der Waals surface area contributed by atoms with Gasteiger partial charge in [0.2, 0.25) is 0 Å². The van der Waals surface area contributed by atoms with Crippen LogP contribution in [0.1, 0.15) is 36.3 Å². The van der Waals surface area contributed by atoms with Gasteiger partial charge in [-0.1, -0.05) is 12.1 Å². The molecule has 0 unspecified atom stereocenters. The van der Waals surface area contributed by atoms with E-state index in [-0.39, 0.29) is 17.5 Å². The van der Waals surface area contributed by atoms with Crippen LogP contribution in [0.25, 0.3) is 10.9 Å². The molecule has 0 saturated heterocycles. The van der Waals surface area contributed by atoms with Crippen molar-refractivity contribution in [2.75, 3.05) is 12.4 Å². The Morgan fingerprint density at radius 2 is 2.07 bits per heavy atom. The first-order valence-electron chi connectivity index (χ1n) is 9.45. The lowest BCUT2D eigenvalue weighted by Crippen LogP contribution is -2.27. The molecule has 0 amide bonds. The lowest BCUT2D eigenvalue weighted by molar-refractivity contribution is -0.116. The normalized spacial score (nSPS) is 18.5. The van der Waals surface area contributed by atoms with E-state index in [2.05, 4.69) is 16.4 Å². The van der Waals surface area contributed by atoms with Gasteiger partial charge in [0.1, 0.15) is 0 Å². The number of phenolic OH excluding ortho intramolecular Hbond substituents is 1. The number of phenols is 1. The molecular formula is C23H20N2O3. The quantitative estimate of drug-likeness (QED) is 0.692.